The smallest absolute Gasteiger partial charge is 0.337 e. The fourth-order valence-electron chi connectivity index (χ4n) is 1.26. The predicted molar refractivity (Wildman–Crippen MR) is 54.5 cm³/mol. The molecule has 0 aliphatic rings. The summed E-state index contributed by atoms with van der Waals surface area (Å²) >= 11 is 0. The van der Waals surface area contributed by atoms with Gasteiger partial charge in [0.25, 0.3) is 0 Å². The SMILES string of the molecule is CBCc1cccc(C(=O)OC)c1. The third-order valence-electron chi connectivity index (χ3n) is 1.89. The summed E-state index contributed by atoms with van der Waals surface area (Å²) in [5, 5.41) is 0. The van der Waals surface area contributed by atoms with Crippen LogP contribution in [0, 0.1) is 0 Å². The molecule has 3 heteroatoms. The maximum Gasteiger partial charge on any atom is 0.337 e. The summed E-state index contributed by atoms with van der Waals surface area (Å²) in [5.74, 6) is -0.266. The average molecular weight is 176 g/mol. The number of methoxy groups -OCH3 is 1. The molecule has 1 aromatic carbocycles. The van der Waals surface area contributed by atoms with Crippen LogP contribution in [0.3, 0.4) is 0 Å². The molecule has 0 saturated heterocycles. The lowest BCUT2D eigenvalue weighted by molar-refractivity contribution is 0.0600. The zero-order valence-electron chi connectivity index (χ0n) is 8.04. The molecule has 0 atom stereocenters. The van der Waals surface area contributed by atoms with Gasteiger partial charge in [0.1, 0.15) is 7.28 Å². The minimum Gasteiger partial charge on any atom is -0.465 e. The molecule has 0 radical (unpaired) electrons. The Kier molecular flexibility index (Phi) is 3.56. The molecular weight excluding hydrogens is 163 g/mol. The van der Waals surface area contributed by atoms with Crippen LogP contribution in [0.1, 0.15) is 15.9 Å². The number of carbonyl (C=O) groups is 1. The van der Waals surface area contributed by atoms with Crippen molar-refractivity contribution in [3.63, 3.8) is 0 Å². The Morgan fingerprint density at radius 2 is 2.31 bits per heavy atom. The lowest BCUT2D eigenvalue weighted by atomic mass is 9.75. The summed E-state index contributed by atoms with van der Waals surface area (Å²) in [5.41, 5.74) is 1.82. The second kappa shape index (κ2) is 4.70. The van der Waals surface area contributed by atoms with E-state index in [1.807, 2.05) is 18.2 Å². The molecule has 0 aromatic heterocycles. The minimum absolute atomic E-state index is 0.266. The molecule has 0 fully saturated rings. The van der Waals surface area contributed by atoms with Crippen LogP contribution in [0.5, 0.6) is 0 Å². The largest absolute Gasteiger partial charge is 0.465 e. The van der Waals surface area contributed by atoms with E-state index >= 15 is 0 Å². The first kappa shape index (κ1) is 9.84. The molecule has 2 nitrogen and oxygen atoms in total. The second-order valence-corrected chi connectivity index (χ2v) is 2.94. The van der Waals surface area contributed by atoms with Gasteiger partial charge in [0, 0.05) is 0 Å². The van der Waals surface area contributed by atoms with Gasteiger partial charge in [-0.1, -0.05) is 30.8 Å². The molecule has 13 heavy (non-hydrogen) atoms. The topological polar surface area (TPSA) is 26.3 Å². The quantitative estimate of drug-likeness (QED) is 0.514. The van der Waals surface area contributed by atoms with Crippen LogP contribution in [-0.4, -0.2) is 20.4 Å². The van der Waals surface area contributed by atoms with Crippen molar-refractivity contribution in [2.75, 3.05) is 7.11 Å². The minimum atomic E-state index is -0.266. The highest BCUT2D eigenvalue weighted by Gasteiger charge is 2.04. The fraction of sp³-hybridized carbons (Fsp3) is 0.300. The lowest BCUT2D eigenvalue weighted by Crippen LogP contribution is -2.02. The lowest BCUT2D eigenvalue weighted by Gasteiger charge is -2.01. The van der Waals surface area contributed by atoms with Crippen LogP contribution in [0.15, 0.2) is 24.3 Å². The summed E-state index contributed by atoms with van der Waals surface area (Å²) < 4.78 is 4.63. The van der Waals surface area contributed by atoms with Crippen molar-refractivity contribution >= 4 is 13.2 Å². The van der Waals surface area contributed by atoms with Crippen molar-refractivity contribution in [2.24, 2.45) is 0 Å². The van der Waals surface area contributed by atoms with E-state index in [4.69, 9.17) is 0 Å². The number of hydrogen-bond acceptors (Lipinski definition) is 2. The molecule has 1 aromatic rings. The molecule has 0 saturated carbocycles. The number of esters is 1. The van der Waals surface area contributed by atoms with E-state index in [1.54, 1.807) is 6.07 Å². The molecule has 0 heterocycles. The highest BCUT2D eigenvalue weighted by molar-refractivity contribution is 6.32. The van der Waals surface area contributed by atoms with Gasteiger partial charge in [-0.25, -0.2) is 4.79 Å². The van der Waals surface area contributed by atoms with Crippen molar-refractivity contribution in [1.29, 1.82) is 0 Å². The van der Waals surface area contributed by atoms with Crippen LogP contribution in [0.4, 0.5) is 0 Å². The monoisotopic (exact) mass is 176 g/mol. The molecule has 0 bridgehead atoms. The summed E-state index contributed by atoms with van der Waals surface area (Å²) in [4.78, 5) is 11.1. The Bertz CT molecular complexity index is 297. The van der Waals surface area contributed by atoms with E-state index in [0.29, 0.717) is 5.56 Å². The van der Waals surface area contributed by atoms with Gasteiger partial charge in [0.15, 0.2) is 0 Å². The Labute approximate surface area is 79.2 Å². The second-order valence-electron chi connectivity index (χ2n) is 2.94. The molecule has 0 N–H and O–H groups in total. The summed E-state index contributed by atoms with van der Waals surface area (Å²) in [6, 6.07) is 7.56. The van der Waals surface area contributed by atoms with Gasteiger partial charge in [0.2, 0.25) is 0 Å². The van der Waals surface area contributed by atoms with Crippen LogP contribution < -0.4 is 0 Å². The molecule has 0 aliphatic carbocycles. The van der Waals surface area contributed by atoms with Crippen molar-refractivity contribution in [3.8, 4) is 0 Å². The van der Waals surface area contributed by atoms with E-state index in [2.05, 4.69) is 11.6 Å². The zero-order chi connectivity index (χ0) is 9.68. The van der Waals surface area contributed by atoms with Crippen molar-refractivity contribution < 1.29 is 9.53 Å². The van der Waals surface area contributed by atoms with E-state index in [9.17, 15) is 4.79 Å². The zero-order valence-corrected chi connectivity index (χ0v) is 8.04. The number of hydrogen-bond donors (Lipinski definition) is 0. The first-order valence-corrected chi connectivity index (χ1v) is 4.45. The Morgan fingerprint density at radius 3 is 2.92 bits per heavy atom. The summed E-state index contributed by atoms with van der Waals surface area (Å²) in [6.45, 7) is 2.12. The van der Waals surface area contributed by atoms with Gasteiger partial charge < -0.3 is 4.74 Å². The normalized spacial score (nSPS) is 9.38. The van der Waals surface area contributed by atoms with Crippen LogP contribution in [-0.2, 0) is 11.1 Å². The summed E-state index contributed by atoms with van der Waals surface area (Å²) in [7, 11) is 2.49. The number of ether oxygens (including phenoxy) is 1. The first-order chi connectivity index (χ1) is 6.27. The van der Waals surface area contributed by atoms with E-state index < -0.39 is 0 Å². The maximum absolute atomic E-state index is 11.1. The molecular formula is C10H13BO2. The Morgan fingerprint density at radius 1 is 1.54 bits per heavy atom. The molecule has 1 rings (SSSR count). The Balaban J connectivity index is 2.85. The molecule has 0 aliphatic heterocycles. The van der Waals surface area contributed by atoms with Crippen LogP contribution in [0.2, 0.25) is 6.82 Å². The highest BCUT2D eigenvalue weighted by Crippen LogP contribution is 2.06. The van der Waals surface area contributed by atoms with Gasteiger partial charge in [0.05, 0.1) is 12.7 Å². The van der Waals surface area contributed by atoms with Crippen molar-refractivity contribution in [3.05, 3.63) is 35.4 Å². The average Bonchev–Trinajstić information content (AvgIpc) is 2.18. The molecule has 0 amide bonds. The van der Waals surface area contributed by atoms with Gasteiger partial charge >= 0.3 is 5.97 Å². The summed E-state index contributed by atoms with van der Waals surface area (Å²) in [6.07, 6.45) is 1.00. The maximum atomic E-state index is 11.1. The number of rotatable bonds is 3. The first-order valence-electron chi connectivity index (χ1n) is 4.45. The third kappa shape index (κ3) is 2.62. The molecule has 0 spiro atoms. The molecule has 0 unspecified atom stereocenters. The van der Waals surface area contributed by atoms with E-state index in [1.165, 1.54) is 12.7 Å². The Hall–Kier alpha value is -1.25. The standard InChI is InChI=1S/C10H13BO2/c1-11-7-8-4-3-5-9(6-8)10(12)13-2/h3-6,11H,7H2,1-2H3. The fourth-order valence-corrected chi connectivity index (χ4v) is 1.26. The van der Waals surface area contributed by atoms with Gasteiger partial charge in [-0.15, -0.1) is 0 Å². The van der Waals surface area contributed by atoms with Gasteiger partial charge in [-0.2, -0.15) is 0 Å². The van der Waals surface area contributed by atoms with Crippen LogP contribution >= 0.6 is 0 Å². The van der Waals surface area contributed by atoms with Crippen molar-refractivity contribution in [1.82, 2.24) is 0 Å². The van der Waals surface area contributed by atoms with Crippen LogP contribution in [0.25, 0.3) is 0 Å². The highest BCUT2D eigenvalue weighted by atomic mass is 16.5. The van der Waals surface area contributed by atoms with Gasteiger partial charge in [-0.05, 0) is 12.1 Å². The van der Waals surface area contributed by atoms with E-state index in [-0.39, 0.29) is 5.97 Å². The number of carbonyl (C=O) groups excluding carboxylic acids is 1. The number of benzene rings is 1. The predicted octanol–water partition coefficient (Wildman–Crippen LogP) is 1.46. The van der Waals surface area contributed by atoms with Crippen molar-refractivity contribution in [2.45, 2.75) is 13.1 Å². The third-order valence-corrected chi connectivity index (χ3v) is 1.89. The molecule has 68 valence electrons. The van der Waals surface area contributed by atoms with Gasteiger partial charge in [-0.3, -0.25) is 0 Å². The van der Waals surface area contributed by atoms with E-state index in [0.717, 1.165) is 13.6 Å².